The van der Waals surface area contributed by atoms with Crippen molar-refractivity contribution in [1.82, 2.24) is 19.1 Å². The van der Waals surface area contributed by atoms with E-state index in [1.807, 2.05) is 63.7 Å². The average molecular weight is 582 g/mol. The SMILES string of the molecule is C.N#Cc1cccc2c1cc1n2COc2ccc(Cl)nc2-1.O=Cc1cccc2c1cc1n2COc2ccc(Cl)nc2-1. The number of hydrogen-bond donors (Lipinski definition) is 0. The first-order chi connectivity index (χ1) is 19.6. The lowest BCUT2D eigenvalue weighted by atomic mass is 10.1. The lowest BCUT2D eigenvalue weighted by Gasteiger charge is -2.20. The Kier molecular flexibility index (Phi) is 6.62. The highest BCUT2D eigenvalue weighted by molar-refractivity contribution is 6.29. The third kappa shape index (κ3) is 4.27. The fraction of sp³-hybridized carbons (Fsp3) is 0.0968. The maximum atomic E-state index is 11.2. The Morgan fingerprint density at radius 1 is 0.780 bits per heavy atom. The van der Waals surface area contributed by atoms with Gasteiger partial charge in [-0.3, -0.25) is 4.79 Å². The maximum Gasteiger partial charge on any atom is 0.165 e. The molecule has 0 bridgehead atoms. The number of carbonyl (C=O) groups is 1. The maximum absolute atomic E-state index is 11.2. The molecule has 0 saturated heterocycles. The summed E-state index contributed by atoms with van der Waals surface area (Å²) in [6, 6.07) is 24.5. The Bertz CT molecular complexity index is 2040. The van der Waals surface area contributed by atoms with Crippen molar-refractivity contribution >= 4 is 51.3 Å². The third-order valence-electron chi connectivity index (χ3n) is 7.00. The fourth-order valence-corrected chi connectivity index (χ4v) is 5.47. The van der Waals surface area contributed by atoms with Gasteiger partial charge in [-0.15, -0.1) is 0 Å². The molecule has 0 aliphatic carbocycles. The van der Waals surface area contributed by atoms with E-state index >= 15 is 0 Å². The first-order valence-corrected chi connectivity index (χ1v) is 13.0. The molecule has 0 fully saturated rings. The molecule has 10 heteroatoms. The van der Waals surface area contributed by atoms with Crippen LogP contribution in [0.15, 0.2) is 72.8 Å². The number of hydrogen-bond acceptors (Lipinski definition) is 6. The van der Waals surface area contributed by atoms with Gasteiger partial charge in [0.25, 0.3) is 0 Å². The Labute approximate surface area is 244 Å². The van der Waals surface area contributed by atoms with Crippen LogP contribution < -0.4 is 9.47 Å². The van der Waals surface area contributed by atoms with Crippen molar-refractivity contribution in [2.75, 3.05) is 0 Å². The molecular formula is C31H21Cl2N5O3. The Morgan fingerprint density at radius 2 is 1.32 bits per heavy atom. The van der Waals surface area contributed by atoms with E-state index in [1.165, 1.54) is 0 Å². The minimum Gasteiger partial charge on any atom is -0.470 e. The normalized spacial score (nSPS) is 12.2. The highest BCUT2D eigenvalue weighted by atomic mass is 35.5. The quantitative estimate of drug-likeness (QED) is 0.145. The number of nitrogens with zero attached hydrogens (tertiary/aromatic N) is 5. The molecule has 6 aromatic rings. The minimum absolute atomic E-state index is 0. The number of rotatable bonds is 1. The van der Waals surface area contributed by atoms with E-state index in [-0.39, 0.29) is 7.43 Å². The molecule has 8 rings (SSSR count). The summed E-state index contributed by atoms with van der Waals surface area (Å²) in [6.07, 6.45) is 0.863. The molecule has 2 aromatic carbocycles. The number of halogens is 2. The zero-order valence-corrected chi connectivity index (χ0v) is 22.1. The van der Waals surface area contributed by atoms with Gasteiger partial charge < -0.3 is 18.6 Å². The van der Waals surface area contributed by atoms with E-state index in [0.29, 0.717) is 57.8 Å². The summed E-state index contributed by atoms with van der Waals surface area (Å²) in [4.78, 5) is 19.8. The first kappa shape index (κ1) is 26.4. The monoisotopic (exact) mass is 581 g/mol. The summed E-state index contributed by atoms with van der Waals surface area (Å²) < 4.78 is 15.4. The highest BCUT2D eigenvalue weighted by Crippen LogP contribution is 2.39. The molecule has 0 amide bonds. The van der Waals surface area contributed by atoms with Crippen LogP contribution in [0.2, 0.25) is 10.3 Å². The lowest BCUT2D eigenvalue weighted by molar-refractivity contribution is 0.112. The number of carbonyl (C=O) groups excluding carboxylic acids is 1. The molecule has 4 aromatic heterocycles. The summed E-state index contributed by atoms with van der Waals surface area (Å²) >= 11 is 11.9. The van der Waals surface area contributed by atoms with Gasteiger partial charge in [-0.2, -0.15) is 5.26 Å². The van der Waals surface area contributed by atoms with E-state index in [0.717, 1.165) is 39.5 Å². The lowest BCUT2D eigenvalue weighted by Crippen LogP contribution is -2.13. The molecule has 0 spiro atoms. The molecule has 2 aliphatic heterocycles. The van der Waals surface area contributed by atoms with Gasteiger partial charge in [0.1, 0.15) is 33.2 Å². The van der Waals surface area contributed by atoms with Crippen molar-refractivity contribution in [1.29, 1.82) is 5.26 Å². The minimum atomic E-state index is 0. The van der Waals surface area contributed by atoms with E-state index in [4.69, 9.17) is 32.7 Å². The van der Waals surface area contributed by atoms with Crippen LogP contribution in [0.25, 0.3) is 44.6 Å². The number of pyridine rings is 2. The van der Waals surface area contributed by atoms with Gasteiger partial charge in [0.2, 0.25) is 0 Å². The van der Waals surface area contributed by atoms with Crippen molar-refractivity contribution in [3.8, 4) is 40.3 Å². The summed E-state index contributed by atoms with van der Waals surface area (Å²) in [5.41, 5.74) is 6.48. The first-order valence-electron chi connectivity index (χ1n) is 12.2. The molecule has 0 saturated carbocycles. The van der Waals surface area contributed by atoms with Crippen LogP contribution in [0.1, 0.15) is 23.3 Å². The van der Waals surface area contributed by atoms with E-state index in [9.17, 15) is 10.1 Å². The van der Waals surface area contributed by atoms with Crippen molar-refractivity contribution in [3.63, 3.8) is 0 Å². The summed E-state index contributed by atoms with van der Waals surface area (Å²) in [7, 11) is 0. The molecule has 202 valence electrons. The number of benzene rings is 2. The number of ether oxygens (including phenoxy) is 2. The standard InChI is InChI=1S/C15H8ClN3O.C15H9ClN2O2.CH4/c16-14-5-4-13-15(18-14)12-6-10-9(7-17)2-1-3-11(10)19(12)8-20-13;16-14-5-4-13-15(17-14)12-6-10-9(7-19)2-1-3-11(10)18(12)8-20-13;/h1-6H,8H2;1-7H,8H2;1H4. The van der Waals surface area contributed by atoms with Crippen LogP contribution in [0.5, 0.6) is 11.5 Å². The molecule has 0 unspecified atom stereocenters. The Hall–Kier alpha value is -4.84. The van der Waals surface area contributed by atoms with Gasteiger partial charge in [0.05, 0.1) is 34.1 Å². The topological polar surface area (TPSA) is 95.0 Å². The van der Waals surface area contributed by atoms with Gasteiger partial charge in [-0.1, -0.05) is 48.8 Å². The zero-order valence-electron chi connectivity index (χ0n) is 20.6. The fourth-order valence-electron chi connectivity index (χ4n) is 5.18. The van der Waals surface area contributed by atoms with Crippen molar-refractivity contribution in [3.05, 3.63) is 94.2 Å². The van der Waals surface area contributed by atoms with Gasteiger partial charge in [-0.25, -0.2) is 9.97 Å². The van der Waals surface area contributed by atoms with Crippen LogP contribution >= 0.6 is 23.2 Å². The summed E-state index contributed by atoms with van der Waals surface area (Å²) in [5, 5.41) is 11.9. The molecule has 41 heavy (non-hydrogen) atoms. The third-order valence-corrected chi connectivity index (χ3v) is 7.43. The predicted molar refractivity (Wildman–Crippen MR) is 158 cm³/mol. The Morgan fingerprint density at radius 3 is 1.88 bits per heavy atom. The molecule has 2 aliphatic rings. The van der Waals surface area contributed by atoms with E-state index in [1.54, 1.807) is 18.2 Å². The zero-order chi connectivity index (χ0) is 27.4. The Balaban J connectivity index is 0.000000144. The second kappa shape index (κ2) is 10.3. The number of aromatic nitrogens is 4. The van der Waals surface area contributed by atoms with E-state index in [2.05, 4.69) is 16.0 Å². The number of fused-ring (bicyclic) bond motifs is 10. The van der Waals surface area contributed by atoms with Crippen LogP contribution in [-0.2, 0) is 13.5 Å². The number of nitriles is 1. The van der Waals surface area contributed by atoms with Gasteiger partial charge in [0, 0.05) is 16.3 Å². The molecule has 0 N–H and O–H groups in total. The highest BCUT2D eigenvalue weighted by Gasteiger charge is 2.23. The van der Waals surface area contributed by atoms with Gasteiger partial charge >= 0.3 is 0 Å². The van der Waals surface area contributed by atoms with Crippen LogP contribution in [0.4, 0.5) is 0 Å². The van der Waals surface area contributed by atoms with Crippen LogP contribution in [-0.4, -0.2) is 25.4 Å². The van der Waals surface area contributed by atoms with E-state index < -0.39 is 0 Å². The molecule has 0 atom stereocenters. The van der Waals surface area contributed by atoms with Gasteiger partial charge in [-0.05, 0) is 54.6 Å². The average Bonchev–Trinajstić information content (AvgIpc) is 3.56. The molecule has 0 radical (unpaired) electrons. The van der Waals surface area contributed by atoms with Crippen molar-refractivity contribution in [2.45, 2.75) is 20.9 Å². The largest absolute Gasteiger partial charge is 0.470 e. The number of aldehydes is 1. The smallest absolute Gasteiger partial charge is 0.165 e. The summed E-state index contributed by atoms with van der Waals surface area (Å²) in [5.74, 6) is 1.42. The predicted octanol–water partition coefficient (Wildman–Crippen LogP) is 7.73. The summed E-state index contributed by atoms with van der Waals surface area (Å²) in [6.45, 7) is 0.807. The molecular weight excluding hydrogens is 561 g/mol. The second-order valence-electron chi connectivity index (χ2n) is 9.17. The molecule has 6 heterocycles. The van der Waals surface area contributed by atoms with Crippen molar-refractivity contribution in [2.24, 2.45) is 0 Å². The van der Waals surface area contributed by atoms with Crippen LogP contribution in [0, 0.1) is 11.3 Å². The van der Waals surface area contributed by atoms with Crippen molar-refractivity contribution < 1.29 is 14.3 Å². The second-order valence-corrected chi connectivity index (χ2v) is 9.95. The van der Waals surface area contributed by atoms with Gasteiger partial charge in [0.15, 0.2) is 19.7 Å². The molecule has 8 nitrogen and oxygen atoms in total. The van der Waals surface area contributed by atoms with Crippen LogP contribution in [0.3, 0.4) is 0 Å².